The van der Waals surface area contributed by atoms with Gasteiger partial charge in [0.25, 0.3) is 0 Å². The van der Waals surface area contributed by atoms with Crippen LogP contribution in [0.15, 0.2) is 0 Å². The van der Waals surface area contributed by atoms with Crippen LogP contribution in [0.1, 0.15) is 40.5 Å². The van der Waals surface area contributed by atoms with Gasteiger partial charge in [-0.3, -0.25) is 9.69 Å². The van der Waals surface area contributed by atoms with Crippen molar-refractivity contribution in [3.63, 3.8) is 0 Å². The summed E-state index contributed by atoms with van der Waals surface area (Å²) < 4.78 is 10.5. The Morgan fingerprint density at radius 2 is 2.10 bits per heavy atom. The largest absolute Gasteiger partial charge is 0.465 e. The first-order chi connectivity index (χ1) is 9.98. The van der Waals surface area contributed by atoms with Gasteiger partial charge in [0, 0.05) is 26.2 Å². The maximum absolute atomic E-state index is 12.3. The van der Waals surface area contributed by atoms with E-state index < -0.39 is 5.54 Å². The zero-order chi connectivity index (χ0) is 15.9. The molecule has 1 N–H and O–H groups in total. The van der Waals surface area contributed by atoms with E-state index in [1.54, 1.807) is 7.11 Å². The summed E-state index contributed by atoms with van der Waals surface area (Å²) in [5.41, 5.74) is -0.665. The van der Waals surface area contributed by atoms with E-state index in [1.165, 1.54) is 12.8 Å². The number of rotatable bonds is 11. The van der Waals surface area contributed by atoms with Gasteiger partial charge in [0.2, 0.25) is 0 Å². The first-order valence-corrected chi connectivity index (χ1v) is 8.13. The van der Waals surface area contributed by atoms with Crippen LogP contribution in [0.4, 0.5) is 0 Å². The highest BCUT2D eigenvalue weighted by molar-refractivity contribution is 5.80. The molecule has 2 atom stereocenters. The van der Waals surface area contributed by atoms with Crippen molar-refractivity contribution in [2.75, 3.05) is 40.0 Å². The van der Waals surface area contributed by atoms with Gasteiger partial charge in [-0.25, -0.2) is 0 Å². The maximum atomic E-state index is 12.3. The molecule has 1 aliphatic rings. The van der Waals surface area contributed by atoms with Crippen LogP contribution in [-0.4, -0.2) is 62.4 Å². The molecular weight excluding hydrogens is 268 g/mol. The third kappa shape index (κ3) is 5.57. The Morgan fingerprint density at radius 3 is 2.57 bits per heavy atom. The number of ether oxygens (including phenoxy) is 2. The van der Waals surface area contributed by atoms with Crippen molar-refractivity contribution in [1.29, 1.82) is 0 Å². The molecule has 2 unspecified atom stereocenters. The van der Waals surface area contributed by atoms with Crippen molar-refractivity contribution in [2.45, 2.75) is 52.1 Å². The molecule has 1 saturated carbocycles. The molecule has 0 bridgehead atoms. The Hall–Kier alpha value is -0.650. The lowest BCUT2D eigenvalue weighted by Gasteiger charge is -2.37. The molecule has 0 aliphatic heterocycles. The lowest BCUT2D eigenvalue weighted by molar-refractivity contribution is -0.151. The minimum absolute atomic E-state index is 0.169. The molecule has 1 fully saturated rings. The van der Waals surface area contributed by atoms with E-state index in [0.29, 0.717) is 25.8 Å². The normalized spacial score (nSPS) is 19.3. The van der Waals surface area contributed by atoms with Crippen molar-refractivity contribution in [2.24, 2.45) is 5.92 Å². The number of carbonyl (C=O) groups is 1. The second-order valence-corrected chi connectivity index (χ2v) is 6.12. The average molecular weight is 300 g/mol. The van der Waals surface area contributed by atoms with Gasteiger partial charge in [0.05, 0.1) is 13.2 Å². The predicted molar refractivity (Wildman–Crippen MR) is 84.3 cm³/mol. The number of esters is 1. The summed E-state index contributed by atoms with van der Waals surface area (Å²) in [6.07, 6.45) is 2.59. The highest BCUT2D eigenvalue weighted by Crippen LogP contribution is 2.35. The average Bonchev–Trinajstić information content (AvgIpc) is 3.27. The maximum Gasteiger partial charge on any atom is 0.327 e. The third-order valence-corrected chi connectivity index (χ3v) is 4.28. The molecule has 0 spiro atoms. The van der Waals surface area contributed by atoms with E-state index >= 15 is 0 Å². The van der Waals surface area contributed by atoms with Gasteiger partial charge in [-0.15, -0.1) is 0 Å². The molecular formula is C16H32N2O3. The van der Waals surface area contributed by atoms with Gasteiger partial charge in [-0.1, -0.05) is 6.92 Å². The fourth-order valence-electron chi connectivity index (χ4n) is 2.79. The highest BCUT2D eigenvalue weighted by Gasteiger charge is 2.39. The standard InChI is InChI=1S/C16H32N2O3/c1-6-17-16(4,15(19)21-7-2)12-18(10-11-20-5)13(3)14-8-9-14/h13-14,17H,6-12H2,1-5H3. The summed E-state index contributed by atoms with van der Waals surface area (Å²) in [5.74, 6) is 0.590. The second-order valence-electron chi connectivity index (χ2n) is 6.12. The van der Waals surface area contributed by atoms with Gasteiger partial charge < -0.3 is 14.8 Å². The Labute approximate surface area is 129 Å². The molecule has 0 aromatic rings. The minimum atomic E-state index is -0.665. The van der Waals surface area contributed by atoms with Crippen LogP contribution in [0, 0.1) is 5.92 Å². The number of nitrogens with zero attached hydrogens (tertiary/aromatic N) is 1. The van der Waals surface area contributed by atoms with Crippen molar-refractivity contribution in [3.05, 3.63) is 0 Å². The second kappa shape index (κ2) is 8.71. The first kappa shape index (κ1) is 18.4. The molecule has 0 saturated heterocycles. The molecule has 0 aromatic heterocycles. The van der Waals surface area contributed by atoms with Crippen molar-refractivity contribution in [3.8, 4) is 0 Å². The Balaban J connectivity index is 2.75. The summed E-state index contributed by atoms with van der Waals surface area (Å²) in [6, 6.07) is 0.479. The van der Waals surface area contributed by atoms with E-state index in [0.717, 1.165) is 19.0 Å². The third-order valence-electron chi connectivity index (χ3n) is 4.28. The topological polar surface area (TPSA) is 50.8 Å². The van der Waals surface area contributed by atoms with E-state index in [-0.39, 0.29) is 5.97 Å². The molecule has 0 aromatic carbocycles. The summed E-state index contributed by atoms with van der Waals surface area (Å²) in [6.45, 7) is 11.4. The van der Waals surface area contributed by atoms with E-state index in [9.17, 15) is 4.79 Å². The van der Waals surface area contributed by atoms with Crippen LogP contribution in [0.3, 0.4) is 0 Å². The Morgan fingerprint density at radius 1 is 1.43 bits per heavy atom. The molecule has 0 amide bonds. The molecule has 1 aliphatic carbocycles. The SMILES string of the molecule is CCNC(C)(CN(CCOC)C(C)C1CC1)C(=O)OCC. The number of hydrogen-bond acceptors (Lipinski definition) is 5. The van der Waals surface area contributed by atoms with Gasteiger partial charge in [-0.05, 0) is 46.1 Å². The van der Waals surface area contributed by atoms with Crippen LogP contribution in [0.25, 0.3) is 0 Å². The smallest absolute Gasteiger partial charge is 0.327 e. The number of hydrogen-bond donors (Lipinski definition) is 1. The zero-order valence-electron chi connectivity index (χ0n) is 14.3. The molecule has 1 rings (SSSR count). The monoisotopic (exact) mass is 300 g/mol. The number of methoxy groups -OCH3 is 1. The number of nitrogens with one attached hydrogen (secondary N) is 1. The number of carbonyl (C=O) groups excluding carboxylic acids is 1. The van der Waals surface area contributed by atoms with Gasteiger partial charge in [-0.2, -0.15) is 0 Å². The molecule has 21 heavy (non-hydrogen) atoms. The van der Waals surface area contributed by atoms with Crippen molar-refractivity contribution >= 4 is 5.97 Å². The summed E-state index contributed by atoms with van der Waals surface area (Å²) in [4.78, 5) is 14.7. The lowest BCUT2D eigenvalue weighted by atomic mass is 9.99. The van der Waals surface area contributed by atoms with Gasteiger partial charge >= 0.3 is 5.97 Å². The van der Waals surface area contributed by atoms with Gasteiger partial charge in [0.1, 0.15) is 5.54 Å². The fraction of sp³-hybridized carbons (Fsp3) is 0.938. The zero-order valence-corrected chi connectivity index (χ0v) is 14.3. The molecule has 0 heterocycles. The molecule has 124 valence electrons. The summed E-state index contributed by atoms with van der Waals surface area (Å²) in [5, 5.41) is 3.31. The summed E-state index contributed by atoms with van der Waals surface area (Å²) >= 11 is 0. The first-order valence-electron chi connectivity index (χ1n) is 8.13. The van der Waals surface area contributed by atoms with Gasteiger partial charge in [0.15, 0.2) is 0 Å². The lowest BCUT2D eigenvalue weighted by Crippen LogP contribution is -2.59. The molecule has 0 radical (unpaired) electrons. The predicted octanol–water partition coefficient (Wildman–Crippen LogP) is 1.66. The van der Waals surface area contributed by atoms with E-state index in [1.807, 2.05) is 20.8 Å². The number of likely N-dealkylation sites (N-methyl/N-ethyl adjacent to an activating group) is 1. The molecule has 5 nitrogen and oxygen atoms in total. The van der Waals surface area contributed by atoms with Crippen LogP contribution in [0.2, 0.25) is 0 Å². The summed E-state index contributed by atoms with van der Waals surface area (Å²) in [7, 11) is 1.72. The van der Waals surface area contributed by atoms with Crippen LogP contribution in [-0.2, 0) is 14.3 Å². The van der Waals surface area contributed by atoms with E-state index in [4.69, 9.17) is 9.47 Å². The van der Waals surface area contributed by atoms with E-state index in [2.05, 4.69) is 17.1 Å². The Bertz CT molecular complexity index is 321. The van der Waals surface area contributed by atoms with Crippen LogP contribution >= 0.6 is 0 Å². The van der Waals surface area contributed by atoms with Crippen molar-refractivity contribution in [1.82, 2.24) is 10.2 Å². The molecule has 5 heteroatoms. The quantitative estimate of drug-likeness (QED) is 0.588. The van der Waals surface area contributed by atoms with Crippen LogP contribution in [0.5, 0.6) is 0 Å². The minimum Gasteiger partial charge on any atom is -0.465 e. The Kier molecular flexibility index (Phi) is 7.63. The van der Waals surface area contributed by atoms with Crippen molar-refractivity contribution < 1.29 is 14.3 Å². The van der Waals surface area contributed by atoms with Crippen LogP contribution < -0.4 is 5.32 Å². The fourth-order valence-corrected chi connectivity index (χ4v) is 2.79. The highest BCUT2D eigenvalue weighted by atomic mass is 16.5.